The smallest absolute Gasteiger partial charge is 0.0338 e. The lowest BCUT2D eigenvalue weighted by molar-refractivity contribution is 0.420. The van der Waals surface area contributed by atoms with Crippen LogP contribution < -0.4 is 5.32 Å². The third kappa shape index (κ3) is 3.31. The Balaban J connectivity index is 2.78. The summed E-state index contributed by atoms with van der Waals surface area (Å²) in [5.41, 5.74) is 2.66. The molecule has 0 aliphatic carbocycles. The molecule has 1 aromatic rings. The highest BCUT2D eigenvalue weighted by molar-refractivity contribution is 5.24. The molecule has 2 atom stereocenters. The maximum atomic E-state index is 4.21. The Morgan fingerprint density at radius 2 is 2.20 bits per heavy atom. The zero-order chi connectivity index (χ0) is 11.3. The van der Waals surface area contributed by atoms with E-state index in [-0.39, 0.29) is 0 Å². The molecule has 0 fully saturated rings. The predicted molar refractivity (Wildman–Crippen MR) is 64.8 cm³/mol. The van der Waals surface area contributed by atoms with Crippen LogP contribution in [0, 0.1) is 12.8 Å². The Labute approximate surface area is 93.1 Å². The van der Waals surface area contributed by atoms with Crippen molar-refractivity contribution < 1.29 is 0 Å². The van der Waals surface area contributed by atoms with Gasteiger partial charge in [-0.25, -0.2) is 0 Å². The van der Waals surface area contributed by atoms with Gasteiger partial charge in [-0.1, -0.05) is 20.3 Å². The molecule has 0 aliphatic heterocycles. The van der Waals surface area contributed by atoms with Crippen LogP contribution in [0.15, 0.2) is 18.5 Å². The number of nitrogens with zero attached hydrogens (tertiary/aromatic N) is 1. The van der Waals surface area contributed by atoms with Gasteiger partial charge in [0.15, 0.2) is 0 Å². The molecule has 2 heteroatoms. The molecule has 0 saturated heterocycles. The van der Waals surface area contributed by atoms with Crippen molar-refractivity contribution in [1.29, 1.82) is 0 Å². The summed E-state index contributed by atoms with van der Waals surface area (Å²) < 4.78 is 0. The highest BCUT2D eigenvalue weighted by atomic mass is 14.9. The van der Waals surface area contributed by atoms with Gasteiger partial charge in [0.25, 0.3) is 0 Å². The number of hydrogen-bond donors (Lipinski definition) is 1. The summed E-state index contributed by atoms with van der Waals surface area (Å²) in [6.45, 7) is 6.70. The Morgan fingerprint density at radius 1 is 1.47 bits per heavy atom. The SMILES string of the molecule is CCC(C)CC(NC)c1cnccc1C. The first kappa shape index (κ1) is 12.2. The van der Waals surface area contributed by atoms with Gasteiger partial charge in [0.1, 0.15) is 0 Å². The van der Waals surface area contributed by atoms with Gasteiger partial charge in [0.2, 0.25) is 0 Å². The molecule has 0 radical (unpaired) electrons. The van der Waals surface area contributed by atoms with E-state index in [1.54, 1.807) is 0 Å². The van der Waals surface area contributed by atoms with E-state index in [1.165, 1.54) is 24.0 Å². The van der Waals surface area contributed by atoms with E-state index in [4.69, 9.17) is 0 Å². The maximum Gasteiger partial charge on any atom is 0.0338 e. The standard InChI is InChI=1S/C13H22N2/c1-5-10(2)8-13(14-4)12-9-15-7-6-11(12)3/h6-7,9-10,13-14H,5,8H2,1-4H3. The van der Waals surface area contributed by atoms with Crippen LogP contribution in [0.1, 0.15) is 43.9 Å². The van der Waals surface area contributed by atoms with Gasteiger partial charge >= 0.3 is 0 Å². The molecule has 0 saturated carbocycles. The number of nitrogens with one attached hydrogen (secondary N) is 1. The second-order valence-corrected chi connectivity index (χ2v) is 4.32. The number of hydrogen-bond acceptors (Lipinski definition) is 2. The molecule has 1 heterocycles. The first-order valence-electron chi connectivity index (χ1n) is 5.76. The minimum atomic E-state index is 0.439. The maximum absolute atomic E-state index is 4.21. The Morgan fingerprint density at radius 3 is 2.73 bits per heavy atom. The second kappa shape index (κ2) is 5.86. The Hall–Kier alpha value is -0.890. The van der Waals surface area contributed by atoms with Crippen LogP contribution in [0.4, 0.5) is 0 Å². The van der Waals surface area contributed by atoms with Crippen molar-refractivity contribution in [3.63, 3.8) is 0 Å². The topological polar surface area (TPSA) is 24.9 Å². The molecule has 15 heavy (non-hydrogen) atoms. The van der Waals surface area contributed by atoms with Crippen LogP contribution in [-0.4, -0.2) is 12.0 Å². The van der Waals surface area contributed by atoms with E-state index in [0.29, 0.717) is 6.04 Å². The van der Waals surface area contributed by atoms with Crippen LogP contribution in [0.5, 0.6) is 0 Å². The second-order valence-electron chi connectivity index (χ2n) is 4.32. The Kier molecular flexibility index (Phi) is 4.76. The van der Waals surface area contributed by atoms with Gasteiger partial charge in [0, 0.05) is 18.4 Å². The zero-order valence-electron chi connectivity index (χ0n) is 10.2. The van der Waals surface area contributed by atoms with Crippen LogP contribution >= 0.6 is 0 Å². The zero-order valence-corrected chi connectivity index (χ0v) is 10.2. The van der Waals surface area contributed by atoms with Crippen LogP contribution in [0.2, 0.25) is 0 Å². The van der Waals surface area contributed by atoms with Crippen LogP contribution in [0.25, 0.3) is 0 Å². The average Bonchev–Trinajstić information content (AvgIpc) is 2.26. The lowest BCUT2D eigenvalue weighted by atomic mass is 9.93. The fraction of sp³-hybridized carbons (Fsp3) is 0.615. The van der Waals surface area contributed by atoms with Crippen molar-refractivity contribution in [2.45, 2.75) is 39.7 Å². The van der Waals surface area contributed by atoms with E-state index in [9.17, 15) is 0 Å². The summed E-state index contributed by atoms with van der Waals surface area (Å²) in [5, 5.41) is 3.38. The first-order valence-corrected chi connectivity index (χ1v) is 5.76. The Bertz CT molecular complexity index is 296. The highest BCUT2D eigenvalue weighted by Gasteiger charge is 2.14. The first-order chi connectivity index (χ1) is 7.19. The molecule has 0 amide bonds. The number of rotatable bonds is 5. The van der Waals surface area contributed by atoms with Gasteiger partial charge in [-0.05, 0) is 43.5 Å². The third-order valence-electron chi connectivity index (χ3n) is 3.14. The normalized spacial score (nSPS) is 14.9. The van der Waals surface area contributed by atoms with Crippen molar-refractivity contribution in [2.75, 3.05) is 7.05 Å². The molecule has 84 valence electrons. The molecule has 1 aromatic heterocycles. The fourth-order valence-electron chi connectivity index (χ4n) is 1.81. The summed E-state index contributed by atoms with van der Waals surface area (Å²) in [4.78, 5) is 4.21. The minimum absolute atomic E-state index is 0.439. The van der Waals surface area contributed by atoms with Gasteiger partial charge in [0.05, 0.1) is 0 Å². The molecule has 0 aliphatic rings. The molecule has 0 aromatic carbocycles. The molecular weight excluding hydrogens is 184 g/mol. The van der Waals surface area contributed by atoms with Crippen molar-refractivity contribution in [3.05, 3.63) is 29.6 Å². The molecular formula is C13H22N2. The van der Waals surface area contributed by atoms with Gasteiger partial charge < -0.3 is 5.32 Å². The fourth-order valence-corrected chi connectivity index (χ4v) is 1.81. The highest BCUT2D eigenvalue weighted by Crippen LogP contribution is 2.24. The summed E-state index contributed by atoms with van der Waals surface area (Å²) in [7, 11) is 2.03. The molecule has 2 unspecified atom stereocenters. The van der Waals surface area contributed by atoms with Gasteiger partial charge in [-0.2, -0.15) is 0 Å². The molecule has 0 spiro atoms. The molecule has 0 bridgehead atoms. The average molecular weight is 206 g/mol. The molecule has 1 N–H and O–H groups in total. The summed E-state index contributed by atoms with van der Waals surface area (Å²) in [6, 6.07) is 2.52. The summed E-state index contributed by atoms with van der Waals surface area (Å²) >= 11 is 0. The number of pyridine rings is 1. The third-order valence-corrected chi connectivity index (χ3v) is 3.14. The van der Waals surface area contributed by atoms with E-state index < -0.39 is 0 Å². The van der Waals surface area contributed by atoms with Gasteiger partial charge in [-0.15, -0.1) is 0 Å². The van der Waals surface area contributed by atoms with E-state index in [0.717, 1.165) is 5.92 Å². The van der Waals surface area contributed by atoms with Crippen molar-refractivity contribution in [2.24, 2.45) is 5.92 Å². The number of aromatic nitrogens is 1. The predicted octanol–water partition coefficient (Wildman–Crippen LogP) is 3.09. The largest absolute Gasteiger partial charge is 0.313 e. The lowest BCUT2D eigenvalue weighted by Gasteiger charge is -2.21. The monoisotopic (exact) mass is 206 g/mol. The minimum Gasteiger partial charge on any atom is -0.313 e. The van der Waals surface area contributed by atoms with Crippen molar-refractivity contribution in [3.8, 4) is 0 Å². The molecule has 2 nitrogen and oxygen atoms in total. The number of aryl methyl sites for hydroxylation is 1. The summed E-state index contributed by atoms with van der Waals surface area (Å²) in [6.07, 6.45) is 6.25. The lowest BCUT2D eigenvalue weighted by Crippen LogP contribution is -2.20. The van der Waals surface area contributed by atoms with Crippen LogP contribution in [0.3, 0.4) is 0 Å². The van der Waals surface area contributed by atoms with Gasteiger partial charge in [-0.3, -0.25) is 4.98 Å². The molecule has 1 rings (SSSR count). The van der Waals surface area contributed by atoms with E-state index >= 15 is 0 Å². The van der Waals surface area contributed by atoms with E-state index in [2.05, 4.69) is 37.1 Å². The quantitative estimate of drug-likeness (QED) is 0.800. The van der Waals surface area contributed by atoms with Crippen molar-refractivity contribution >= 4 is 0 Å². The van der Waals surface area contributed by atoms with E-state index in [1.807, 2.05) is 19.4 Å². The summed E-state index contributed by atoms with van der Waals surface area (Å²) in [5.74, 6) is 0.752. The van der Waals surface area contributed by atoms with Crippen LogP contribution in [-0.2, 0) is 0 Å². The van der Waals surface area contributed by atoms with Crippen molar-refractivity contribution in [1.82, 2.24) is 10.3 Å².